The summed E-state index contributed by atoms with van der Waals surface area (Å²) >= 11 is 0. The minimum Gasteiger partial charge on any atom is -0.872 e. The third-order valence-corrected chi connectivity index (χ3v) is 6.65. The largest absolute Gasteiger partial charge is 0.872 e. The number of hydrogen-bond acceptors (Lipinski definition) is 6. The Kier molecular flexibility index (Phi) is 8.98. The van der Waals surface area contributed by atoms with Gasteiger partial charge in [-0.1, -0.05) is 42.7 Å². The molecule has 2 aliphatic rings. The zero-order valence-corrected chi connectivity index (χ0v) is 21.2. The van der Waals surface area contributed by atoms with E-state index in [2.05, 4.69) is 6.58 Å². The van der Waals surface area contributed by atoms with E-state index in [0.717, 1.165) is 39.3 Å². The van der Waals surface area contributed by atoms with E-state index in [1.807, 2.05) is 19.1 Å². The fourth-order valence-corrected chi connectivity index (χ4v) is 4.78. The van der Waals surface area contributed by atoms with Crippen LogP contribution in [0.4, 0.5) is 0 Å². The Balaban J connectivity index is 1.64. The topological polar surface area (TPSA) is 92.6 Å². The first-order chi connectivity index (χ1) is 18.0. The van der Waals surface area contributed by atoms with Gasteiger partial charge < -0.3 is 29.1 Å². The number of quaternary nitrogens is 1. The lowest BCUT2D eigenvalue weighted by molar-refractivity contribution is -0.908. The van der Waals surface area contributed by atoms with Crippen molar-refractivity contribution in [2.75, 3.05) is 52.6 Å². The van der Waals surface area contributed by atoms with Gasteiger partial charge in [0, 0.05) is 18.5 Å². The highest BCUT2D eigenvalue weighted by Crippen LogP contribution is 2.39. The maximum absolute atomic E-state index is 13.6. The van der Waals surface area contributed by atoms with Crippen LogP contribution in [0.2, 0.25) is 0 Å². The number of benzene rings is 2. The van der Waals surface area contributed by atoms with Gasteiger partial charge >= 0.3 is 0 Å². The average Bonchev–Trinajstić information content (AvgIpc) is 3.18. The third kappa shape index (κ3) is 6.21. The number of ketones is 1. The van der Waals surface area contributed by atoms with Crippen molar-refractivity contribution in [3.63, 3.8) is 0 Å². The van der Waals surface area contributed by atoms with E-state index >= 15 is 0 Å². The number of ether oxygens (including phenoxy) is 3. The van der Waals surface area contributed by atoms with Crippen LogP contribution >= 0.6 is 0 Å². The van der Waals surface area contributed by atoms with Crippen molar-refractivity contribution in [3.8, 4) is 11.5 Å². The summed E-state index contributed by atoms with van der Waals surface area (Å²) in [4.78, 5) is 29.4. The van der Waals surface area contributed by atoms with Crippen molar-refractivity contribution in [2.45, 2.75) is 19.4 Å². The second-order valence-corrected chi connectivity index (χ2v) is 9.07. The Morgan fingerprint density at radius 2 is 1.73 bits per heavy atom. The Morgan fingerprint density at radius 1 is 1.08 bits per heavy atom. The number of carbonyl (C=O) groups excluding carboxylic acids is 2. The van der Waals surface area contributed by atoms with Gasteiger partial charge in [-0.25, -0.2) is 0 Å². The normalized spacial score (nSPS) is 19.7. The van der Waals surface area contributed by atoms with E-state index < -0.39 is 23.5 Å². The monoisotopic (exact) mass is 506 g/mol. The number of hydrogen-bond donors (Lipinski definition) is 1. The van der Waals surface area contributed by atoms with E-state index in [-0.39, 0.29) is 5.57 Å². The molecule has 0 radical (unpaired) electrons. The maximum atomic E-state index is 13.6. The highest BCUT2D eigenvalue weighted by atomic mass is 16.5. The zero-order valence-electron chi connectivity index (χ0n) is 21.2. The van der Waals surface area contributed by atoms with Gasteiger partial charge in [0.15, 0.2) is 0 Å². The Bertz CT molecular complexity index is 1120. The van der Waals surface area contributed by atoms with Crippen LogP contribution in [0.1, 0.15) is 30.5 Å². The second-order valence-electron chi connectivity index (χ2n) is 9.07. The quantitative estimate of drug-likeness (QED) is 0.213. The number of carbonyl (C=O) groups is 2. The number of amides is 1. The fraction of sp³-hybridized carbons (Fsp3) is 0.379. The molecule has 1 unspecified atom stereocenters. The van der Waals surface area contributed by atoms with Crippen LogP contribution in [0.3, 0.4) is 0 Å². The smallest absolute Gasteiger partial charge is 0.295 e. The van der Waals surface area contributed by atoms with E-state index in [1.165, 1.54) is 4.90 Å². The molecule has 2 saturated heterocycles. The Labute approximate surface area is 217 Å². The molecule has 4 rings (SSSR count). The van der Waals surface area contributed by atoms with E-state index in [9.17, 15) is 14.7 Å². The first kappa shape index (κ1) is 26.4. The first-order valence-electron chi connectivity index (χ1n) is 12.8. The highest BCUT2D eigenvalue weighted by Gasteiger charge is 2.44. The molecule has 2 aliphatic heterocycles. The number of rotatable bonds is 11. The molecule has 2 aromatic rings. The van der Waals surface area contributed by atoms with Crippen LogP contribution in [0, 0.1) is 0 Å². The molecule has 0 aliphatic carbocycles. The van der Waals surface area contributed by atoms with E-state index in [4.69, 9.17) is 14.2 Å². The van der Waals surface area contributed by atoms with Gasteiger partial charge in [-0.05, 0) is 42.3 Å². The standard InChI is InChI=1S/C29H34N2O6/c1-3-18-37-24-12-8-22(9-13-24)27(32)25-26(21-6-10-23(11-7-21)36-4-2)31(29(34)28(25)33)15-5-14-30-16-19-35-20-17-30/h3,6-13,26,32H,1,4-5,14-20H2,2H3. The van der Waals surface area contributed by atoms with Gasteiger partial charge in [0.2, 0.25) is 5.78 Å². The van der Waals surface area contributed by atoms with Gasteiger partial charge in [0.05, 0.1) is 32.4 Å². The SMILES string of the molecule is C=CCOc1ccc(C([O-])=C2C(=O)C(=O)N(CCC[NH+]3CCOCC3)C2c2ccc(OCC)cc2)cc1. The first-order valence-corrected chi connectivity index (χ1v) is 12.8. The van der Waals surface area contributed by atoms with Crippen molar-refractivity contribution in [1.29, 1.82) is 0 Å². The van der Waals surface area contributed by atoms with Crippen LogP contribution in [-0.4, -0.2) is 69.2 Å². The van der Waals surface area contributed by atoms with Gasteiger partial charge in [0.1, 0.15) is 31.2 Å². The highest BCUT2D eigenvalue weighted by molar-refractivity contribution is 6.46. The minimum absolute atomic E-state index is 0.0207. The van der Waals surface area contributed by atoms with Crippen LogP contribution in [0.5, 0.6) is 11.5 Å². The van der Waals surface area contributed by atoms with Crippen LogP contribution < -0.4 is 19.5 Å². The summed E-state index contributed by atoms with van der Waals surface area (Å²) in [6, 6.07) is 13.1. The number of nitrogens with zero attached hydrogens (tertiary/aromatic N) is 1. The van der Waals surface area contributed by atoms with Crippen molar-refractivity contribution >= 4 is 17.4 Å². The second kappa shape index (κ2) is 12.6. The lowest BCUT2D eigenvalue weighted by Gasteiger charge is -2.29. The summed E-state index contributed by atoms with van der Waals surface area (Å²) in [6.45, 7) is 11.0. The summed E-state index contributed by atoms with van der Waals surface area (Å²) in [5.41, 5.74) is 1.01. The van der Waals surface area contributed by atoms with Gasteiger partial charge in [-0.2, -0.15) is 0 Å². The molecule has 37 heavy (non-hydrogen) atoms. The molecule has 0 saturated carbocycles. The van der Waals surface area contributed by atoms with Crippen molar-refractivity contribution < 1.29 is 33.8 Å². The Hall–Kier alpha value is -3.62. The summed E-state index contributed by atoms with van der Waals surface area (Å²) in [6.07, 6.45) is 2.35. The number of morpholine rings is 1. The van der Waals surface area contributed by atoms with E-state index in [1.54, 1.807) is 47.4 Å². The molecule has 0 spiro atoms. The number of nitrogens with one attached hydrogen (secondary N) is 1. The molecular formula is C29H34N2O6. The molecule has 196 valence electrons. The molecule has 8 nitrogen and oxygen atoms in total. The predicted octanol–water partition coefficient (Wildman–Crippen LogP) is 1.18. The molecule has 0 bridgehead atoms. The average molecular weight is 507 g/mol. The number of likely N-dealkylation sites (tertiary alicyclic amines) is 1. The molecule has 8 heteroatoms. The zero-order chi connectivity index (χ0) is 26.2. The minimum atomic E-state index is -0.750. The van der Waals surface area contributed by atoms with Gasteiger partial charge in [-0.15, -0.1) is 0 Å². The third-order valence-electron chi connectivity index (χ3n) is 6.65. The van der Waals surface area contributed by atoms with Crippen LogP contribution in [0.15, 0.2) is 66.8 Å². The van der Waals surface area contributed by atoms with Crippen molar-refractivity contribution in [1.82, 2.24) is 4.90 Å². The van der Waals surface area contributed by atoms with Crippen LogP contribution in [-0.2, 0) is 14.3 Å². The molecule has 1 N–H and O–H groups in total. The van der Waals surface area contributed by atoms with Crippen molar-refractivity contribution in [2.24, 2.45) is 0 Å². The summed E-state index contributed by atoms with van der Waals surface area (Å²) in [5.74, 6) is -0.550. The van der Waals surface area contributed by atoms with Crippen LogP contribution in [0.25, 0.3) is 5.76 Å². The fourth-order valence-electron chi connectivity index (χ4n) is 4.78. The summed E-state index contributed by atoms with van der Waals surface area (Å²) < 4.78 is 16.5. The maximum Gasteiger partial charge on any atom is 0.295 e. The lowest BCUT2D eigenvalue weighted by atomic mass is 9.95. The molecule has 2 fully saturated rings. The van der Waals surface area contributed by atoms with E-state index in [0.29, 0.717) is 42.4 Å². The summed E-state index contributed by atoms with van der Waals surface area (Å²) in [5, 5.41) is 13.6. The molecule has 0 aromatic heterocycles. The molecule has 1 atom stereocenters. The van der Waals surface area contributed by atoms with Gasteiger partial charge in [-0.3, -0.25) is 9.59 Å². The molecular weight excluding hydrogens is 472 g/mol. The van der Waals surface area contributed by atoms with Gasteiger partial charge in [0.25, 0.3) is 5.91 Å². The number of Topliss-reactive ketones (excluding diaryl/α,β-unsaturated/α-hetero) is 1. The molecule has 2 aromatic carbocycles. The predicted molar refractivity (Wildman–Crippen MR) is 137 cm³/mol. The van der Waals surface area contributed by atoms with Crippen molar-refractivity contribution in [3.05, 3.63) is 77.9 Å². The molecule has 2 heterocycles. The molecule has 1 amide bonds. The summed E-state index contributed by atoms with van der Waals surface area (Å²) in [7, 11) is 0. The lowest BCUT2D eigenvalue weighted by Crippen LogP contribution is -3.14. The Morgan fingerprint density at radius 3 is 2.38 bits per heavy atom.